The van der Waals surface area contributed by atoms with Crippen LogP contribution in [0.5, 0.6) is 0 Å². The molecule has 4 rings (SSSR count). The molecule has 2 fully saturated rings. The summed E-state index contributed by atoms with van der Waals surface area (Å²) in [5.74, 6) is 0.641. The second-order valence-corrected chi connectivity index (χ2v) is 8.30. The number of aromatic nitrogens is 2. The van der Waals surface area contributed by atoms with Crippen molar-refractivity contribution in [3.63, 3.8) is 0 Å². The summed E-state index contributed by atoms with van der Waals surface area (Å²) in [6.07, 6.45) is 2.83. The van der Waals surface area contributed by atoms with Crippen molar-refractivity contribution < 1.29 is 4.74 Å². The molecule has 3 heterocycles. The Morgan fingerprint density at radius 1 is 1.21 bits per heavy atom. The zero-order valence-electron chi connectivity index (χ0n) is 15.9. The highest BCUT2D eigenvalue weighted by atomic mass is 35.5. The number of rotatable bonds is 4. The minimum absolute atomic E-state index is 0.198. The predicted molar refractivity (Wildman–Crippen MR) is 112 cm³/mol. The monoisotopic (exact) mass is 422 g/mol. The lowest BCUT2D eigenvalue weighted by molar-refractivity contribution is 0.164. The van der Waals surface area contributed by atoms with Crippen LogP contribution in [0.4, 0.5) is 5.69 Å². The summed E-state index contributed by atoms with van der Waals surface area (Å²) in [5.41, 5.74) is 1.93. The van der Waals surface area contributed by atoms with Crippen LogP contribution in [0, 0.1) is 12.8 Å². The van der Waals surface area contributed by atoms with Gasteiger partial charge in [-0.3, -0.25) is 9.69 Å². The molecule has 0 radical (unpaired) electrons. The van der Waals surface area contributed by atoms with Crippen molar-refractivity contribution in [1.82, 2.24) is 14.7 Å². The number of hydrogen-bond donors (Lipinski definition) is 0. The Morgan fingerprint density at radius 2 is 2.00 bits per heavy atom. The lowest BCUT2D eigenvalue weighted by Crippen LogP contribution is -2.48. The number of piperazine rings is 1. The summed E-state index contributed by atoms with van der Waals surface area (Å²) >= 11 is 12.6. The first-order valence-corrected chi connectivity index (χ1v) is 10.4. The van der Waals surface area contributed by atoms with Gasteiger partial charge in [0, 0.05) is 44.4 Å². The molecule has 2 aliphatic heterocycles. The van der Waals surface area contributed by atoms with Gasteiger partial charge in [0.05, 0.1) is 24.2 Å². The molecule has 0 spiro atoms. The molecular formula is C20H24Cl2N4O2. The third-order valence-corrected chi connectivity index (χ3v) is 6.32. The van der Waals surface area contributed by atoms with Gasteiger partial charge in [-0.2, -0.15) is 9.78 Å². The van der Waals surface area contributed by atoms with Gasteiger partial charge < -0.3 is 9.64 Å². The van der Waals surface area contributed by atoms with Crippen LogP contribution in [0.3, 0.4) is 0 Å². The first-order chi connectivity index (χ1) is 13.5. The maximum atomic E-state index is 12.8. The molecule has 1 aromatic carbocycles. The van der Waals surface area contributed by atoms with E-state index in [2.05, 4.69) is 14.9 Å². The van der Waals surface area contributed by atoms with E-state index in [0.717, 1.165) is 57.9 Å². The fourth-order valence-electron chi connectivity index (χ4n) is 3.81. The number of ether oxygens (including phenoxy) is 1. The fourth-order valence-corrected chi connectivity index (χ4v) is 4.23. The summed E-state index contributed by atoms with van der Waals surface area (Å²) in [5, 5.41) is 5.14. The van der Waals surface area contributed by atoms with Crippen LogP contribution >= 0.6 is 23.2 Å². The van der Waals surface area contributed by atoms with Crippen LogP contribution in [-0.2, 0) is 4.74 Å². The highest BCUT2D eigenvalue weighted by molar-refractivity contribution is 6.33. The van der Waals surface area contributed by atoms with Crippen LogP contribution in [0.2, 0.25) is 10.0 Å². The van der Waals surface area contributed by atoms with Crippen LogP contribution < -0.4 is 10.5 Å². The van der Waals surface area contributed by atoms with Crippen LogP contribution in [0.1, 0.15) is 12.0 Å². The van der Waals surface area contributed by atoms with E-state index in [1.807, 2.05) is 19.1 Å². The van der Waals surface area contributed by atoms with Crippen molar-refractivity contribution in [2.75, 3.05) is 50.8 Å². The van der Waals surface area contributed by atoms with E-state index in [1.54, 1.807) is 12.3 Å². The van der Waals surface area contributed by atoms with Crippen molar-refractivity contribution in [2.45, 2.75) is 13.3 Å². The Hall–Kier alpha value is -1.60. The lowest BCUT2D eigenvalue weighted by atomic mass is 10.1. The maximum Gasteiger partial charge on any atom is 0.292 e. The molecule has 2 saturated heterocycles. The molecule has 1 unspecified atom stereocenters. The van der Waals surface area contributed by atoms with Gasteiger partial charge in [0.1, 0.15) is 5.02 Å². The van der Waals surface area contributed by atoms with E-state index < -0.39 is 0 Å². The number of halogens is 2. The number of anilines is 1. The molecule has 0 amide bonds. The molecule has 28 heavy (non-hydrogen) atoms. The van der Waals surface area contributed by atoms with Crippen molar-refractivity contribution in [3.05, 3.63) is 50.4 Å². The van der Waals surface area contributed by atoms with E-state index in [0.29, 0.717) is 22.3 Å². The average molecular weight is 423 g/mol. The van der Waals surface area contributed by atoms with E-state index >= 15 is 0 Å². The first kappa shape index (κ1) is 19.7. The van der Waals surface area contributed by atoms with Crippen molar-refractivity contribution in [3.8, 4) is 5.69 Å². The number of nitrogens with zero attached hydrogens (tertiary/aromatic N) is 4. The molecule has 0 saturated carbocycles. The topological polar surface area (TPSA) is 50.6 Å². The second kappa shape index (κ2) is 8.41. The van der Waals surface area contributed by atoms with E-state index in [1.165, 1.54) is 4.68 Å². The zero-order chi connectivity index (χ0) is 19.7. The zero-order valence-corrected chi connectivity index (χ0v) is 17.4. The van der Waals surface area contributed by atoms with Gasteiger partial charge in [0.2, 0.25) is 0 Å². The van der Waals surface area contributed by atoms with Crippen molar-refractivity contribution in [2.24, 2.45) is 5.92 Å². The van der Waals surface area contributed by atoms with E-state index in [-0.39, 0.29) is 10.6 Å². The standard InChI is InChI=1S/C20H24Cl2N4O2/c1-14-2-3-16(10-17(14)21)26-20(27)19(22)18(11-23-26)25-7-5-24(6-8-25)12-15-4-9-28-13-15/h2-3,10-11,15H,4-9,12-13H2,1H3. The van der Waals surface area contributed by atoms with Crippen LogP contribution in [0.25, 0.3) is 5.69 Å². The Kier molecular flexibility index (Phi) is 5.92. The van der Waals surface area contributed by atoms with Gasteiger partial charge in [0.25, 0.3) is 5.56 Å². The molecular weight excluding hydrogens is 399 g/mol. The molecule has 0 N–H and O–H groups in total. The molecule has 6 nitrogen and oxygen atoms in total. The minimum Gasteiger partial charge on any atom is -0.381 e. The van der Waals surface area contributed by atoms with Gasteiger partial charge in [-0.25, -0.2) is 0 Å². The normalized spacial score (nSPS) is 20.7. The Morgan fingerprint density at radius 3 is 2.68 bits per heavy atom. The SMILES string of the molecule is Cc1ccc(-n2ncc(N3CCN(CC4CCOC4)CC3)c(Cl)c2=O)cc1Cl. The molecule has 2 aromatic rings. The highest BCUT2D eigenvalue weighted by Gasteiger charge is 2.24. The van der Waals surface area contributed by atoms with E-state index in [9.17, 15) is 4.79 Å². The van der Waals surface area contributed by atoms with Crippen molar-refractivity contribution in [1.29, 1.82) is 0 Å². The van der Waals surface area contributed by atoms with Gasteiger partial charge in [0.15, 0.2) is 0 Å². The number of hydrogen-bond acceptors (Lipinski definition) is 5. The second-order valence-electron chi connectivity index (χ2n) is 7.51. The predicted octanol–water partition coefficient (Wildman–Crippen LogP) is 3.01. The molecule has 2 aliphatic rings. The largest absolute Gasteiger partial charge is 0.381 e. The van der Waals surface area contributed by atoms with Crippen molar-refractivity contribution >= 4 is 28.9 Å². The van der Waals surface area contributed by atoms with Gasteiger partial charge in [-0.05, 0) is 37.0 Å². The number of aryl methyl sites for hydroxylation is 1. The fraction of sp³-hybridized carbons (Fsp3) is 0.500. The molecule has 1 aromatic heterocycles. The van der Waals surface area contributed by atoms with Crippen LogP contribution in [-0.4, -0.2) is 60.6 Å². The molecule has 0 aliphatic carbocycles. The summed E-state index contributed by atoms with van der Waals surface area (Å²) in [6, 6.07) is 5.41. The minimum atomic E-state index is -0.329. The average Bonchev–Trinajstić information content (AvgIpc) is 3.20. The third-order valence-electron chi connectivity index (χ3n) is 5.55. The van der Waals surface area contributed by atoms with Gasteiger partial charge in [-0.15, -0.1) is 0 Å². The smallest absolute Gasteiger partial charge is 0.292 e. The number of benzene rings is 1. The summed E-state index contributed by atoms with van der Waals surface area (Å²) in [6.45, 7) is 8.30. The maximum absolute atomic E-state index is 12.8. The molecule has 1 atom stereocenters. The van der Waals surface area contributed by atoms with E-state index in [4.69, 9.17) is 27.9 Å². The van der Waals surface area contributed by atoms with Gasteiger partial charge in [-0.1, -0.05) is 29.3 Å². The molecule has 150 valence electrons. The summed E-state index contributed by atoms with van der Waals surface area (Å²) in [4.78, 5) is 17.4. The Balaban J connectivity index is 1.48. The summed E-state index contributed by atoms with van der Waals surface area (Å²) in [7, 11) is 0. The highest BCUT2D eigenvalue weighted by Crippen LogP contribution is 2.25. The quantitative estimate of drug-likeness (QED) is 0.757. The first-order valence-electron chi connectivity index (χ1n) is 9.62. The summed E-state index contributed by atoms with van der Waals surface area (Å²) < 4.78 is 6.77. The Labute approximate surface area is 174 Å². The lowest BCUT2D eigenvalue weighted by Gasteiger charge is -2.37. The van der Waals surface area contributed by atoms with Gasteiger partial charge >= 0.3 is 0 Å². The van der Waals surface area contributed by atoms with Crippen LogP contribution in [0.15, 0.2) is 29.2 Å². The molecule has 8 heteroatoms. The Bertz CT molecular complexity index is 904. The third kappa shape index (κ3) is 4.06. The molecule has 0 bridgehead atoms.